The highest BCUT2D eigenvalue weighted by Crippen LogP contribution is 2.55. The minimum absolute atomic E-state index is 0.248. The van der Waals surface area contributed by atoms with Gasteiger partial charge in [0.2, 0.25) is 5.91 Å². The van der Waals surface area contributed by atoms with Crippen LogP contribution in [0, 0.1) is 23.7 Å². The number of Topliss-reactive ketones (excluding diaryl/α,β-unsaturated/α-hetero) is 4. The highest BCUT2D eigenvalue weighted by molar-refractivity contribution is 6.31. The van der Waals surface area contributed by atoms with E-state index in [9.17, 15) is 49.5 Å². The molecule has 4 rings (SSSR count). The Morgan fingerprint density at radius 2 is 1.77 bits per heavy atom. The molecule has 0 radical (unpaired) electrons. The van der Waals surface area contributed by atoms with Crippen LogP contribution < -0.4 is 5.73 Å². The molecule has 31 heavy (non-hydrogen) atoms. The summed E-state index contributed by atoms with van der Waals surface area (Å²) in [7, 11) is 0. The average molecular weight is 433 g/mol. The molecular formula is C20H19NO10. The summed E-state index contributed by atoms with van der Waals surface area (Å²) in [5.74, 6) is -14.8. The van der Waals surface area contributed by atoms with Gasteiger partial charge >= 0.3 is 0 Å². The van der Waals surface area contributed by atoms with Crippen molar-refractivity contribution in [1.82, 2.24) is 0 Å². The largest absolute Gasteiger partial charge is 0.507 e. The first-order chi connectivity index (χ1) is 14.4. The number of aromatic hydroxyl groups is 1. The summed E-state index contributed by atoms with van der Waals surface area (Å²) in [6.07, 6.45) is -2.78. The molecule has 0 bridgehead atoms. The van der Waals surface area contributed by atoms with Crippen molar-refractivity contribution in [2.75, 3.05) is 6.61 Å². The van der Waals surface area contributed by atoms with E-state index < -0.39 is 94.4 Å². The molecule has 0 heterocycles. The van der Waals surface area contributed by atoms with Crippen LogP contribution in [0.15, 0.2) is 18.2 Å². The normalized spacial score (nSPS) is 39.5. The second kappa shape index (κ2) is 6.50. The van der Waals surface area contributed by atoms with Crippen LogP contribution in [0.3, 0.4) is 0 Å². The molecule has 2 fully saturated rings. The van der Waals surface area contributed by atoms with Crippen LogP contribution in [-0.2, 0) is 24.8 Å². The molecular weight excluding hydrogens is 414 g/mol. The smallest absolute Gasteiger partial charge is 0.235 e. The van der Waals surface area contributed by atoms with Crippen LogP contribution >= 0.6 is 0 Å². The predicted molar refractivity (Wildman–Crippen MR) is 97.2 cm³/mol. The lowest BCUT2D eigenvalue weighted by Gasteiger charge is -2.55. The maximum atomic E-state index is 13.3. The Labute approximate surface area is 174 Å². The average Bonchev–Trinajstić information content (AvgIpc) is 2.70. The number of phenols is 1. The third-order valence-corrected chi connectivity index (χ3v) is 6.83. The van der Waals surface area contributed by atoms with Gasteiger partial charge in [0.25, 0.3) is 0 Å². The van der Waals surface area contributed by atoms with Gasteiger partial charge in [0.15, 0.2) is 34.7 Å². The van der Waals surface area contributed by atoms with Crippen molar-refractivity contribution in [3.8, 4) is 5.75 Å². The van der Waals surface area contributed by atoms with Crippen molar-refractivity contribution in [3.63, 3.8) is 0 Å². The summed E-state index contributed by atoms with van der Waals surface area (Å²) >= 11 is 0. The lowest BCUT2D eigenvalue weighted by molar-refractivity contribution is -0.209. The first-order valence-corrected chi connectivity index (χ1v) is 9.43. The van der Waals surface area contributed by atoms with Gasteiger partial charge in [-0.05, 0) is 6.07 Å². The monoisotopic (exact) mass is 433 g/mol. The van der Waals surface area contributed by atoms with Gasteiger partial charge in [0.1, 0.15) is 11.4 Å². The summed E-state index contributed by atoms with van der Waals surface area (Å²) in [5.41, 5.74) is -1.19. The van der Waals surface area contributed by atoms with Crippen molar-refractivity contribution in [2.45, 2.75) is 23.7 Å². The number of hydrogen-bond donors (Lipinski definition) is 6. The number of carbonyl (C=O) groups excluding carboxylic acids is 5. The Balaban J connectivity index is 1.96. The molecule has 3 unspecified atom stereocenters. The number of aliphatic hydroxyl groups excluding tert-OH is 2. The van der Waals surface area contributed by atoms with E-state index in [1.807, 2.05) is 0 Å². The molecule has 1 amide bonds. The number of benzene rings is 1. The number of carbonyl (C=O) groups is 5. The number of ketones is 4. The Bertz CT molecular complexity index is 1070. The Kier molecular flexibility index (Phi) is 4.46. The van der Waals surface area contributed by atoms with E-state index in [4.69, 9.17) is 5.73 Å². The zero-order valence-corrected chi connectivity index (χ0v) is 15.9. The third kappa shape index (κ3) is 2.39. The molecule has 0 spiro atoms. The molecule has 11 nitrogen and oxygen atoms in total. The Morgan fingerprint density at radius 1 is 1.13 bits per heavy atom. The van der Waals surface area contributed by atoms with Gasteiger partial charge in [-0.2, -0.15) is 0 Å². The quantitative estimate of drug-likeness (QED) is 0.259. The zero-order chi connectivity index (χ0) is 23.0. The number of rotatable bonds is 2. The van der Waals surface area contributed by atoms with E-state index >= 15 is 0 Å². The van der Waals surface area contributed by atoms with E-state index in [0.717, 1.165) is 6.07 Å². The van der Waals surface area contributed by atoms with Gasteiger partial charge in [0.05, 0.1) is 24.2 Å². The first kappa shape index (κ1) is 21.2. The molecule has 2 saturated carbocycles. The summed E-state index contributed by atoms with van der Waals surface area (Å²) in [6, 6.07) is 3.60. The number of fused-ring (bicyclic) bond motifs is 3. The van der Waals surface area contributed by atoms with E-state index in [1.165, 1.54) is 12.1 Å². The molecule has 11 heteroatoms. The summed E-state index contributed by atoms with van der Waals surface area (Å²) < 4.78 is 0. The number of primary amides is 1. The van der Waals surface area contributed by atoms with Crippen LogP contribution in [0.2, 0.25) is 0 Å². The molecule has 0 aliphatic heterocycles. The van der Waals surface area contributed by atoms with Crippen LogP contribution in [0.1, 0.15) is 22.3 Å². The van der Waals surface area contributed by atoms with Crippen LogP contribution in [-0.4, -0.2) is 72.9 Å². The van der Waals surface area contributed by atoms with Crippen molar-refractivity contribution in [2.24, 2.45) is 29.4 Å². The van der Waals surface area contributed by atoms with Crippen LogP contribution in [0.25, 0.3) is 0 Å². The second-order valence-corrected chi connectivity index (χ2v) is 8.25. The Hall–Kier alpha value is -2.99. The Morgan fingerprint density at radius 3 is 2.35 bits per heavy atom. The SMILES string of the molecule is NC(=O)C1C(=O)C[C@@H]2[C@@H](O)[C@H]3C(C(=O)c4c(O)cccc4C3(O)CO)C(=O)[C@]2(O)C1=O. The lowest BCUT2D eigenvalue weighted by Crippen LogP contribution is -2.74. The summed E-state index contributed by atoms with van der Waals surface area (Å²) in [6.45, 7) is -1.08. The maximum Gasteiger partial charge on any atom is 0.235 e. The molecule has 0 aromatic heterocycles. The van der Waals surface area contributed by atoms with E-state index in [2.05, 4.69) is 0 Å². The van der Waals surface area contributed by atoms with E-state index in [1.54, 1.807) is 0 Å². The maximum absolute atomic E-state index is 13.3. The van der Waals surface area contributed by atoms with E-state index in [-0.39, 0.29) is 5.56 Å². The van der Waals surface area contributed by atoms with Gasteiger partial charge in [-0.15, -0.1) is 0 Å². The third-order valence-electron chi connectivity index (χ3n) is 6.83. The van der Waals surface area contributed by atoms with Crippen molar-refractivity contribution in [1.29, 1.82) is 0 Å². The lowest BCUT2D eigenvalue weighted by atomic mass is 9.49. The van der Waals surface area contributed by atoms with Crippen molar-refractivity contribution < 1.29 is 49.5 Å². The molecule has 0 saturated heterocycles. The van der Waals surface area contributed by atoms with E-state index in [0.29, 0.717) is 0 Å². The molecule has 164 valence electrons. The number of nitrogens with two attached hydrogens (primary N) is 1. The van der Waals surface area contributed by atoms with Crippen molar-refractivity contribution in [3.05, 3.63) is 29.3 Å². The minimum atomic E-state index is -3.10. The fourth-order valence-corrected chi connectivity index (χ4v) is 5.36. The van der Waals surface area contributed by atoms with Crippen molar-refractivity contribution >= 4 is 29.0 Å². The summed E-state index contributed by atoms with van der Waals surface area (Å²) in [4.78, 5) is 63.3. The number of aliphatic hydroxyl groups is 4. The molecule has 3 aliphatic rings. The topological polar surface area (TPSA) is 213 Å². The number of phenolic OH excluding ortho intramolecular Hbond substituents is 1. The highest BCUT2D eigenvalue weighted by atomic mass is 16.3. The number of amides is 1. The van der Waals surface area contributed by atoms with Crippen LogP contribution in [0.4, 0.5) is 0 Å². The first-order valence-electron chi connectivity index (χ1n) is 9.43. The van der Waals surface area contributed by atoms with Gasteiger partial charge in [-0.1, -0.05) is 12.1 Å². The highest BCUT2D eigenvalue weighted by Gasteiger charge is 2.72. The molecule has 7 N–H and O–H groups in total. The zero-order valence-electron chi connectivity index (χ0n) is 15.9. The van der Waals surface area contributed by atoms with Gasteiger partial charge in [0, 0.05) is 23.8 Å². The molecule has 1 aromatic carbocycles. The fraction of sp³-hybridized carbons (Fsp3) is 0.450. The fourth-order valence-electron chi connectivity index (χ4n) is 5.36. The van der Waals surface area contributed by atoms with Gasteiger partial charge in [-0.25, -0.2) is 0 Å². The second-order valence-electron chi connectivity index (χ2n) is 8.25. The van der Waals surface area contributed by atoms with Gasteiger partial charge < -0.3 is 31.3 Å². The van der Waals surface area contributed by atoms with Crippen LogP contribution in [0.5, 0.6) is 5.75 Å². The minimum Gasteiger partial charge on any atom is -0.507 e. The van der Waals surface area contributed by atoms with Gasteiger partial charge in [-0.3, -0.25) is 24.0 Å². The molecule has 3 aliphatic carbocycles. The predicted octanol–water partition coefficient (Wildman–Crippen LogP) is -3.06. The summed E-state index contributed by atoms with van der Waals surface area (Å²) in [5, 5.41) is 53.5. The number of hydrogen-bond acceptors (Lipinski definition) is 10. The molecule has 1 aromatic rings. The standard InChI is InChI=1S/C20H19NO10/c21-18(29)11-9(24)4-7-14(25)13-12(17(28)20(7,31)16(11)27)15(26)10-6(19(13,30)5-22)2-1-3-8(10)23/h1-3,7,11-14,22-23,25,30-31H,4-5H2,(H2,21,29)/t7-,11?,12?,13-,14-,19?,20-/m1/s1. The molecule has 7 atom stereocenters.